The van der Waals surface area contributed by atoms with E-state index in [0.717, 1.165) is 11.5 Å². The zero-order chi connectivity index (χ0) is 13.9. The van der Waals surface area contributed by atoms with E-state index >= 15 is 0 Å². The standard InChI is InChI=1S/C11H16O6S2.Na.H/c1-8(7-19(12,13)14)2-15-3-9-4-16-10-5-18-6-11(10)17-9;;/h5-6,8-9H,2-4,7H2,1H3,(H,12,13,14);;. The molecule has 1 aliphatic heterocycles. The van der Waals surface area contributed by atoms with E-state index < -0.39 is 10.1 Å². The van der Waals surface area contributed by atoms with Crippen LogP contribution in [0.5, 0.6) is 11.5 Å². The van der Waals surface area contributed by atoms with Crippen LogP contribution in [-0.2, 0) is 14.9 Å². The fourth-order valence-electron chi connectivity index (χ4n) is 1.75. The molecule has 0 aromatic carbocycles. The molecule has 0 saturated heterocycles. The molecule has 1 aliphatic rings. The number of rotatable bonds is 6. The molecule has 0 radical (unpaired) electrons. The summed E-state index contributed by atoms with van der Waals surface area (Å²) in [6.07, 6.45) is -0.194. The van der Waals surface area contributed by atoms with Crippen molar-refractivity contribution in [1.29, 1.82) is 0 Å². The molecule has 0 saturated carbocycles. The van der Waals surface area contributed by atoms with Gasteiger partial charge in [0.2, 0.25) is 0 Å². The van der Waals surface area contributed by atoms with E-state index in [1.807, 2.05) is 10.8 Å². The summed E-state index contributed by atoms with van der Waals surface area (Å²) in [5, 5.41) is 3.74. The second-order valence-corrected chi connectivity index (χ2v) is 6.78. The van der Waals surface area contributed by atoms with E-state index in [2.05, 4.69) is 0 Å². The summed E-state index contributed by atoms with van der Waals surface area (Å²) >= 11 is 1.51. The quantitative estimate of drug-likeness (QED) is 0.612. The fraction of sp³-hybridized carbons (Fsp3) is 0.636. The van der Waals surface area contributed by atoms with Crippen LogP contribution in [-0.4, -0.2) is 74.2 Å². The van der Waals surface area contributed by atoms with Gasteiger partial charge in [-0.15, -0.1) is 11.3 Å². The Kier molecular flexibility index (Phi) is 7.27. The molecule has 2 atom stereocenters. The van der Waals surface area contributed by atoms with Crippen molar-refractivity contribution in [1.82, 2.24) is 0 Å². The average Bonchev–Trinajstić information content (AvgIpc) is 2.73. The monoisotopic (exact) mass is 332 g/mol. The third kappa shape index (κ3) is 5.88. The molecule has 9 heteroatoms. The fourth-order valence-corrected chi connectivity index (χ4v) is 3.24. The Bertz CT molecular complexity index is 515. The molecule has 1 aromatic heterocycles. The molecule has 0 bridgehead atoms. The van der Waals surface area contributed by atoms with Crippen molar-refractivity contribution in [2.24, 2.45) is 5.92 Å². The topological polar surface area (TPSA) is 82.1 Å². The van der Waals surface area contributed by atoms with E-state index in [1.165, 1.54) is 11.3 Å². The Labute approximate surface area is 144 Å². The van der Waals surface area contributed by atoms with Gasteiger partial charge in [-0.2, -0.15) is 8.42 Å². The Morgan fingerprint density at radius 3 is 2.90 bits per heavy atom. The summed E-state index contributed by atoms with van der Waals surface area (Å²) in [6, 6.07) is 0. The van der Waals surface area contributed by atoms with Gasteiger partial charge in [-0.25, -0.2) is 0 Å². The van der Waals surface area contributed by atoms with Gasteiger partial charge in [0, 0.05) is 10.8 Å². The first kappa shape index (κ1) is 18.2. The van der Waals surface area contributed by atoms with E-state index in [9.17, 15) is 8.42 Å². The van der Waals surface area contributed by atoms with Gasteiger partial charge < -0.3 is 14.2 Å². The van der Waals surface area contributed by atoms with Gasteiger partial charge in [-0.05, 0) is 5.92 Å². The zero-order valence-corrected chi connectivity index (χ0v) is 12.1. The van der Waals surface area contributed by atoms with Crippen LogP contribution in [0, 0.1) is 5.92 Å². The van der Waals surface area contributed by atoms with Crippen molar-refractivity contribution in [3.63, 3.8) is 0 Å². The number of hydrogen-bond donors (Lipinski definition) is 1. The number of fused-ring (bicyclic) bond motifs is 1. The second-order valence-electron chi connectivity index (χ2n) is 4.54. The first-order valence-corrected chi connectivity index (χ1v) is 8.38. The molecule has 0 spiro atoms. The summed E-state index contributed by atoms with van der Waals surface area (Å²) in [6.45, 7) is 2.68. The molecule has 0 fully saturated rings. The zero-order valence-electron chi connectivity index (χ0n) is 10.4. The Morgan fingerprint density at radius 1 is 1.50 bits per heavy atom. The third-order valence-corrected chi connectivity index (χ3v) is 4.20. The predicted octanol–water partition coefficient (Wildman–Crippen LogP) is 0.780. The molecule has 2 heterocycles. The van der Waals surface area contributed by atoms with Gasteiger partial charge in [-0.1, -0.05) is 6.92 Å². The third-order valence-electron chi connectivity index (χ3n) is 2.51. The van der Waals surface area contributed by atoms with Gasteiger partial charge in [-0.3, -0.25) is 4.55 Å². The van der Waals surface area contributed by atoms with Crippen molar-refractivity contribution >= 4 is 51.0 Å². The van der Waals surface area contributed by atoms with Gasteiger partial charge in [0.15, 0.2) is 17.6 Å². The maximum atomic E-state index is 10.7. The first-order chi connectivity index (χ1) is 8.94. The molecular weight excluding hydrogens is 315 g/mol. The Morgan fingerprint density at radius 2 is 2.20 bits per heavy atom. The van der Waals surface area contributed by atoms with Crippen LogP contribution in [0.25, 0.3) is 0 Å². The van der Waals surface area contributed by atoms with Crippen molar-refractivity contribution < 1.29 is 27.2 Å². The van der Waals surface area contributed by atoms with Crippen molar-refractivity contribution in [3.05, 3.63) is 10.8 Å². The molecule has 6 nitrogen and oxygen atoms in total. The molecule has 2 rings (SSSR count). The summed E-state index contributed by atoms with van der Waals surface area (Å²) in [5.74, 6) is 0.900. The van der Waals surface area contributed by atoms with Crippen molar-refractivity contribution in [2.45, 2.75) is 13.0 Å². The van der Waals surface area contributed by atoms with E-state index in [0.29, 0.717) is 13.2 Å². The summed E-state index contributed by atoms with van der Waals surface area (Å²) in [7, 11) is -3.95. The van der Waals surface area contributed by atoms with Crippen LogP contribution in [0.3, 0.4) is 0 Å². The normalized spacial score (nSPS) is 19.2. The molecule has 2 unspecified atom stereocenters. The maximum absolute atomic E-state index is 10.7. The molecule has 1 N–H and O–H groups in total. The van der Waals surface area contributed by atoms with Crippen molar-refractivity contribution in [2.75, 3.05) is 25.6 Å². The van der Waals surface area contributed by atoms with E-state index in [1.54, 1.807) is 6.92 Å². The summed E-state index contributed by atoms with van der Waals surface area (Å²) < 4.78 is 46.6. The molecule has 0 aliphatic carbocycles. The summed E-state index contributed by atoms with van der Waals surface area (Å²) in [4.78, 5) is 0. The van der Waals surface area contributed by atoms with Crippen LogP contribution < -0.4 is 9.47 Å². The van der Waals surface area contributed by atoms with Gasteiger partial charge in [0.05, 0.1) is 19.0 Å². The van der Waals surface area contributed by atoms with E-state index in [4.69, 9.17) is 18.8 Å². The number of ether oxygens (including phenoxy) is 3. The molecular formula is C11H17NaO6S2. The Balaban J connectivity index is 0.00000200. The number of hydrogen-bond acceptors (Lipinski definition) is 6. The summed E-state index contributed by atoms with van der Waals surface area (Å²) in [5.41, 5.74) is 0. The van der Waals surface area contributed by atoms with Gasteiger partial charge in [0.1, 0.15) is 6.61 Å². The Hall–Kier alpha value is 0.170. The second kappa shape index (κ2) is 7.98. The first-order valence-electron chi connectivity index (χ1n) is 5.82. The van der Waals surface area contributed by atoms with Crippen LogP contribution in [0.2, 0.25) is 0 Å². The van der Waals surface area contributed by atoms with E-state index in [-0.39, 0.29) is 53.9 Å². The average molecular weight is 332 g/mol. The van der Waals surface area contributed by atoms with Crippen LogP contribution in [0.4, 0.5) is 0 Å². The minimum absolute atomic E-state index is 0. The minimum atomic E-state index is -3.95. The van der Waals surface area contributed by atoms with Gasteiger partial charge >= 0.3 is 29.6 Å². The molecule has 110 valence electrons. The van der Waals surface area contributed by atoms with Crippen molar-refractivity contribution in [3.8, 4) is 11.5 Å². The number of thiophene rings is 1. The van der Waals surface area contributed by atoms with Crippen LogP contribution in [0.15, 0.2) is 10.8 Å². The predicted molar refractivity (Wildman–Crippen MR) is 77.8 cm³/mol. The van der Waals surface area contributed by atoms with Gasteiger partial charge in [0.25, 0.3) is 10.1 Å². The molecule has 20 heavy (non-hydrogen) atoms. The van der Waals surface area contributed by atoms with Crippen LogP contribution in [0.1, 0.15) is 6.92 Å². The molecule has 1 aromatic rings. The van der Waals surface area contributed by atoms with Crippen LogP contribution >= 0.6 is 11.3 Å². The SMILES string of the molecule is CC(COCC1COc2cscc2O1)CS(=O)(=O)O.[NaH]. The molecule has 0 amide bonds.